The second-order valence-electron chi connectivity index (χ2n) is 3.10. The molecule has 1 heterocycles. The molecule has 0 saturated carbocycles. The molecular weight excluding hydrogens is 194 g/mol. The summed E-state index contributed by atoms with van der Waals surface area (Å²) in [6.45, 7) is 0.272. The number of aliphatic hydroxyl groups is 1. The number of likely N-dealkylation sites (N-methyl/N-ethyl adjacent to an activating group) is 1. The third kappa shape index (κ3) is 2.66. The van der Waals surface area contributed by atoms with Gasteiger partial charge in [-0.2, -0.15) is 0 Å². The largest absolute Gasteiger partial charge is 0.395 e. The summed E-state index contributed by atoms with van der Waals surface area (Å²) in [6.07, 6.45) is 1.62. The first-order chi connectivity index (χ1) is 7.20. The number of aromatic nitrogens is 1. The average Bonchev–Trinajstić information content (AvgIpc) is 2.28. The fourth-order valence-corrected chi connectivity index (χ4v) is 1.23. The lowest BCUT2D eigenvalue weighted by molar-refractivity contribution is 0.0767. The molecular formula is C10H15N3O2. The second-order valence-corrected chi connectivity index (χ2v) is 3.10. The molecule has 0 aliphatic rings. The molecule has 82 valence electrons. The number of aliphatic hydroxyl groups excluding tert-OH is 1. The van der Waals surface area contributed by atoms with Gasteiger partial charge in [-0.15, -0.1) is 0 Å². The minimum absolute atomic E-state index is 0.0443. The van der Waals surface area contributed by atoms with Gasteiger partial charge in [-0.1, -0.05) is 0 Å². The van der Waals surface area contributed by atoms with E-state index in [4.69, 9.17) is 5.11 Å². The van der Waals surface area contributed by atoms with Crippen LogP contribution in [0.3, 0.4) is 0 Å². The van der Waals surface area contributed by atoms with Gasteiger partial charge in [0.05, 0.1) is 12.2 Å². The molecule has 0 aromatic carbocycles. The van der Waals surface area contributed by atoms with Crippen LogP contribution in [0.25, 0.3) is 0 Å². The van der Waals surface area contributed by atoms with E-state index in [9.17, 15) is 4.79 Å². The maximum atomic E-state index is 11.8. The molecule has 0 spiro atoms. The van der Waals surface area contributed by atoms with E-state index in [1.165, 1.54) is 4.90 Å². The lowest BCUT2D eigenvalue weighted by Gasteiger charge is -2.16. The van der Waals surface area contributed by atoms with E-state index in [1.54, 1.807) is 32.4 Å². The first-order valence-corrected chi connectivity index (χ1v) is 4.69. The Labute approximate surface area is 88.7 Å². The predicted molar refractivity (Wildman–Crippen MR) is 57.8 cm³/mol. The highest BCUT2D eigenvalue weighted by atomic mass is 16.3. The van der Waals surface area contributed by atoms with Gasteiger partial charge >= 0.3 is 0 Å². The maximum absolute atomic E-state index is 11.8. The normalized spacial score (nSPS) is 9.80. The van der Waals surface area contributed by atoms with Gasteiger partial charge in [0.25, 0.3) is 5.91 Å². The zero-order valence-corrected chi connectivity index (χ0v) is 8.90. The highest BCUT2D eigenvalue weighted by molar-refractivity contribution is 5.98. The van der Waals surface area contributed by atoms with Gasteiger partial charge in [0.15, 0.2) is 0 Å². The summed E-state index contributed by atoms with van der Waals surface area (Å²) in [4.78, 5) is 17.3. The highest BCUT2D eigenvalue weighted by Gasteiger charge is 2.14. The smallest absolute Gasteiger partial charge is 0.257 e. The summed E-state index contributed by atoms with van der Waals surface area (Å²) < 4.78 is 0. The number of nitrogens with zero attached hydrogens (tertiary/aromatic N) is 2. The Morgan fingerprint density at radius 1 is 1.67 bits per heavy atom. The first-order valence-electron chi connectivity index (χ1n) is 4.69. The van der Waals surface area contributed by atoms with Gasteiger partial charge in [-0.3, -0.25) is 4.79 Å². The summed E-state index contributed by atoms with van der Waals surface area (Å²) in [6, 6.07) is 3.41. The topological polar surface area (TPSA) is 65.5 Å². The van der Waals surface area contributed by atoms with Crippen LogP contribution in [0.5, 0.6) is 0 Å². The van der Waals surface area contributed by atoms with Crippen molar-refractivity contribution in [3.05, 3.63) is 23.9 Å². The van der Waals surface area contributed by atoms with Crippen LogP contribution in [0.4, 0.5) is 5.82 Å². The summed E-state index contributed by atoms with van der Waals surface area (Å²) in [5.74, 6) is 0.397. The molecule has 0 aliphatic heterocycles. The Hall–Kier alpha value is -1.62. The monoisotopic (exact) mass is 209 g/mol. The van der Waals surface area contributed by atoms with Crippen molar-refractivity contribution in [3.8, 4) is 0 Å². The van der Waals surface area contributed by atoms with Crippen LogP contribution in [-0.2, 0) is 0 Å². The number of hydrogen-bond acceptors (Lipinski definition) is 4. The fraction of sp³-hybridized carbons (Fsp3) is 0.400. The maximum Gasteiger partial charge on any atom is 0.257 e. The molecule has 1 rings (SSSR count). The van der Waals surface area contributed by atoms with Gasteiger partial charge < -0.3 is 15.3 Å². The van der Waals surface area contributed by atoms with Crippen molar-refractivity contribution in [2.45, 2.75) is 0 Å². The number of pyridine rings is 1. The van der Waals surface area contributed by atoms with Crippen LogP contribution in [0.2, 0.25) is 0 Å². The van der Waals surface area contributed by atoms with Crippen LogP contribution >= 0.6 is 0 Å². The van der Waals surface area contributed by atoms with Gasteiger partial charge in [0, 0.05) is 26.8 Å². The molecule has 15 heavy (non-hydrogen) atoms. The summed E-state index contributed by atoms with van der Waals surface area (Å²) in [5, 5.41) is 11.6. The van der Waals surface area contributed by atoms with E-state index in [2.05, 4.69) is 10.3 Å². The molecule has 1 aromatic rings. The Bertz CT molecular complexity index is 341. The number of amides is 1. The van der Waals surface area contributed by atoms with Crippen molar-refractivity contribution in [1.82, 2.24) is 9.88 Å². The molecule has 1 amide bonds. The molecule has 0 fully saturated rings. The summed E-state index contributed by atoms with van der Waals surface area (Å²) >= 11 is 0. The number of hydrogen-bond donors (Lipinski definition) is 2. The third-order valence-corrected chi connectivity index (χ3v) is 2.06. The van der Waals surface area contributed by atoms with Gasteiger partial charge in [0.2, 0.25) is 0 Å². The highest BCUT2D eigenvalue weighted by Crippen LogP contribution is 2.12. The minimum atomic E-state index is -0.151. The quantitative estimate of drug-likeness (QED) is 0.742. The number of nitrogens with one attached hydrogen (secondary N) is 1. The second kappa shape index (κ2) is 5.31. The summed E-state index contributed by atoms with van der Waals surface area (Å²) in [5.41, 5.74) is 0.510. The zero-order valence-electron chi connectivity index (χ0n) is 8.90. The Balaban J connectivity index is 2.90. The van der Waals surface area contributed by atoms with E-state index < -0.39 is 0 Å². The molecule has 5 nitrogen and oxygen atoms in total. The van der Waals surface area contributed by atoms with Crippen LogP contribution < -0.4 is 5.32 Å². The van der Waals surface area contributed by atoms with E-state index in [0.717, 1.165) is 0 Å². The van der Waals surface area contributed by atoms with Gasteiger partial charge in [-0.05, 0) is 12.1 Å². The molecule has 0 unspecified atom stereocenters. The average molecular weight is 209 g/mol. The van der Waals surface area contributed by atoms with Gasteiger partial charge in [0.1, 0.15) is 5.82 Å². The molecule has 0 bridgehead atoms. The molecule has 0 atom stereocenters. The molecule has 5 heteroatoms. The Morgan fingerprint density at radius 3 is 3.00 bits per heavy atom. The van der Waals surface area contributed by atoms with Crippen molar-refractivity contribution < 1.29 is 9.90 Å². The molecule has 2 N–H and O–H groups in total. The lowest BCUT2D eigenvalue weighted by Crippen LogP contribution is -2.30. The SMILES string of the molecule is CNc1ncccc1C(=O)N(C)CCO. The standard InChI is InChI=1S/C10H15N3O2/c1-11-9-8(4-3-5-12-9)10(15)13(2)6-7-14/h3-5,14H,6-7H2,1-2H3,(H,11,12). The van der Waals surface area contributed by atoms with Crippen molar-refractivity contribution in [2.75, 3.05) is 32.6 Å². The van der Waals surface area contributed by atoms with Crippen molar-refractivity contribution in [1.29, 1.82) is 0 Å². The molecule has 0 aliphatic carbocycles. The molecule has 0 radical (unpaired) electrons. The Kier molecular flexibility index (Phi) is 4.05. The molecule has 1 aromatic heterocycles. The number of carbonyl (C=O) groups excluding carboxylic acids is 1. The van der Waals surface area contributed by atoms with Crippen LogP contribution in [0.1, 0.15) is 10.4 Å². The van der Waals surface area contributed by atoms with E-state index in [0.29, 0.717) is 17.9 Å². The van der Waals surface area contributed by atoms with E-state index in [1.807, 2.05) is 0 Å². The minimum Gasteiger partial charge on any atom is -0.395 e. The molecule has 0 saturated heterocycles. The van der Waals surface area contributed by atoms with Crippen molar-refractivity contribution in [2.24, 2.45) is 0 Å². The predicted octanol–water partition coefficient (Wildman–Crippen LogP) is 0.188. The van der Waals surface area contributed by atoms with Crippen LogP contribution in [0.15, 0.2) is 18.3 Å². The van der Waals surface area contributed by atoms with Crippen molar-refractivity contribution >= 4 is 11.7 Å². The van der Waals surface area contributed by atoms with Crippen LogP contribution in [-0.4, -0.2) is 48.1 Å². The summed E-state index contributed by atoms with van der Waals surface area (Å²) in [7, 11) is 3.36. The lowest BCUT2D eigenvalue weighted by atomic mass is 10.2. The third-order valence-electron chi connectivity index (χ3n) is 2.06. The Morgan fingerprint density at radius 2 is 2.40 bits per heavy atom. The van der Waals surface area contributed by atoms with E-state index >= 15 is 0 Å². The van der Waals surface area contributed by atoms with Gasteiger partial charge in [-0.25, -0.2) is 4.98 Å². The fourth-order valence-electron chi connectivity index (χ4n) is 1.23. The first kappa shape index (κ1) is 11.5. The number of anilines is 1. The van der Waals surface area contributed by atoms with Crippen LogP contribution in [0, 0.1) is 0 Å². The number of carbonyl (C=O) groups is 1. The van der Waals surface area contributed by atoms with Crippen molar-refractivity contribution in [3.63, 3.8) is 0 Å². The number of rotatable bonds is 4. The zero-order chi connectivity index (χ0) is 11.3. The van der Waals surface area contributed by atoms with E-state index in [-0.39, 0.29) is 12.5 Å².